The van der Waals surface area contributed by atoms with Crippen LogP contribution in [0, 0.1) is 0 Å². The molecule has 2 rings (SSSR count). The summed E-state index contributed by atoms with van der Waals surface area (Å²) in [6.45, 7) is 1.73. The van der Waals surface area contributed by atoms with Crippen molar-refractivity contribution in [2.75, 3.05) is 0 Å². The number of hydrogen-bond donors (Lipinski definition) is 1. The third kappa shape index (κ3) is 3.95. The van der Waals surface area contributed by atoms with Gasteiger partial charge in [-0.05, 0) is 42.8 Å². The molecule has 6 heteroatoms. The van der Waals surface area contributed by atoms with Crippen molar-refractivity contribution >= 4 is 0 Å². The molecule has 2 unspecified atom stereocenters. The van der Waals surface area contributed by atoms with Gasteiger partial charge in [0.15, 0.2) is 0 Å². The van der Waals surface area contributed by atoms with Crippen LogP contribution in [-0.2, 0) is 6.18 Å². The fourth-order valence-corrected chi connectivity index (χ4v) is 1.92. The number of ether oxygens (including phenoxy) is 1. The van der Waals surface area contributed by atoms with Crippen LogP contribution in [0.4, 0.5) is 13.2 Å². The van der Waals surface area contributed by atoms with Crippen LogP contribution in [0.3, 0.4) is 0 Å². The maximum atomic E-state index is 12.7. The largest absolute Gasteiger partial charge is 0.484 e. The summed E-state index contributed by atoms with van der Waals surface area (Å²) in [5, 5.41) is 0. The van der Waals surface area contributed by atoms with Crippen molar-refractivity contribution in [1.29, 1.82) is 0 Å². The van der Waals surface area contributed by atoms with E-state index in [1.807, 2.05) is 0 Å². The van der Waals surface area contributed by atoms with E-state index in [4.69, 9.17) is 10.5 Å². The molecule has 0 aliphatic carbocycles. The average Bonchev–Trinajstić information content (AvgIpc) is 2.45. The summed E-state index contributed by atoms with van der Waals surface area (Å²) in [6, 6.07) is 7.82. The topological polar surface area (TPSA) is 48.1 Å². The highest BCUT2D eigenvalue weighted by Gasteiger charge is 2.31. The smallest absolute Gasteiger partial charge is 0.416 e. The normalized spacial score (nSPS) is 14.5. The van der Waals surface area contributed by atoms with E-state index in [-0.39, 0.29) is 11.8 Å². The number of nitrogens with two attached hydrogens (primary N) is 1. The van der Waals surface area contributed by atoms with Gasteiger partial charge in [0.25, 0.3) is 0 Å². The average molecular weight is 296 g/mol. The van der Waals surface area contributed by atoms with Crippen LogP contribution in [0.2, 0.25) is 0 Å². The molecule has 2 aromatic rings. The Balaban J connectivity index is 2.26. The van der Waals surface area contributed by atoms with E-state index in [9.17, 15) is 13.2 Å². The molecule has 0 amide bonds. The number of nitrogens with zero attached hydrogens (tertiary/aromatic N) is 1. The van der Waals surface area contributed by atoms with Crippen molar-refractivity contribution in [2.45, 2.75) is 25.2 Å². The monoisotopic (exact) mass is 296 g/mol. The lowest BCUT2D eigenvalue weighted by molar-refractivity contribution is -0.137. The molecule has 3 nitrogen and oxygen atoms in total. The third-order valence-electron chi connectivity index (χ3n) is 2.94. The van der Waals surface area contributed by atoms with Gasteiger partial charge in [-0.15, -0.1) is 0 Å². The molecule has 0 radical (unpaired) electrons. The van der Waals surface area contributed by atoms with E-state index in [2.05, 4.69) is 4.98 Å². The molecule has 0 saturated heterocycles. The molecule has 0 saturated carbocycles. The maximum Gasteiger partial charge on any atom is 0.416 e. The molecule has 0 aliphatic heterocycles. The molecule has 0 fully saturated rings. The first-order chi connectivity index (χ1) is 9.88. The molecule has 0 bridgehead atoms. The van der Waals surface area contributed by atoms with Crippen LogP contribution in [0.15, 0.2) is 48.8 Å². The highest BCUT2D eigenvalue weighted by molar-refractivity contribution is 5.31. The maximum absolute atomic E-state index is 12.7. The van der Waals surface area contributed by atoms with E-state index >= 15 is 0 Å². The second kappa shape index (κ2) is 6.13. The summed E-state index contributed by atoms with van der Waals surface area (Å²) in [5.41, 5.74) is 5.88. The Bertz CT molecular complexity index is 585. The van der Waals surface area contributed by atoms with Gasteiger partial charge in [0.2, 0.25) is 0 Å². The van der Waals surface area contributed by atoms with E-state index in [0.29, 0.717) is 0 Å². The molecule has 0 aliphatic rings. The number of rotatable bonds is 4. The summed E-state index contributed by atoms with van der Waals surface area (Å²) < 4.78 is 43.7. The Kier molecular flexibility index (Phi) is 4.47. The minimum Gasteiger partial charge on any atom is -0.484 e. The molecule has 112 valence electrons. The van der Waals surface area contributed by atoms with Crippen molar-refractivity contribution in [2.24, 2.45) is 5.73 Å². The summed E-state index contributed by atoms with van der Waals surface area (Å²) in [5.74, 6) is 0.129. The van der Waals surface area contributed by atoms with Crippen molar-refractivity contribution < 1.29 is 17.9 Å². The van der Waals surface area contributed by atoms with Gasteiger partial charge >= 0.3 is 6.18 Å². The van der Waals surface area contributed by atoms with Crippen LogP contribution < -0.4 is 10.5 Å². The fraction of sp³-hybridized carbons (Fsp3) is 0.267. The van der Waals surface area contributed by atoms with Crippen LogP contribution in [0.5, 0.6) is 5.75 Å². The number of halogens is 3. The van der Waals surface area contributed by atoms with E-state index < -0.39 is 17.8 Å². The lowest BCUT2D eigenvalue weighted by Gasteiger charge is -2.23. The molecule has 1 aromatic carbocycles. The standard InChI is InChI=1S/C15H15F3N2O/c1-10(19)14(11-5-7-20-8-6-11)21-13-4-2-3-12(9-13)15(16,17)18/h2-10,14H,19H2,1H3. The molecule has 0 spiro atoms. The predicted molar refractivity (Wildman–Crippen MR) is 72.7 cm³/mol. The SMILES string of the molecule is CC(N)C(Oc1cccc(C(F)(F)F)c1)c1ccncc1. The number of aromatic nitrogens is 1. The summed E-state index contributed by atoms with van der Waals surface area (Å²) in [4.78, 5) is 3.90. The minimum absolute atomic E-state index is 0.129. The lowest BCUT2D eigenvalue weighted by atomic mass is 10.1. The summed E-state index contributed by atoms with van der Waals surface area (Å²) >= 11 is 0. The Morgan fingerprint density at radius 2 is 1.81 bits per heavy atom. The first kappa shape index (κ1) is 15.3. The molecule has 1 heterocycles. The number of pyridine rings is 1. The van der Waals surface area contributed by atoms with Crippen molar-refractivity contribution in [3.05, 3.63) is 59.9 Å². The third-order valence-corrected chi connectivity index (χ3v) is 2.94. The van der Waals surface area contributed by atoms with Crippen LogP contribution in [-0.4, -0.2) is 11.0 Å². The van der Waals surface area contributed by atoms with Gasteiger partial charge in [-0.25, -0.2) is 0 Å². The zero-order chi connectivity index (χ0) is 15.5. The van der Waals surface area contributed by atoms with E-state index in [1.54, 1.807) is 31.5 Å². The van der Waals surface area contributed by atoms with Gasteiger partial charge in [0.1, 0.15) is 11.9 Å². The van der Waals surface area contributed by atoms with Crippen LogP contribution in [0.1, 0.15) is 24.2 Å². The Hall–Kier alpha value is -2.08. The van der Waals surface area contributed by atoms with Crippen molar-refractivity contribution in [3.63, 3.8) is 0 Å². The van der Waals surface area contributed by atoms with Gasteiger partial charge < -0.3 is 10.5 Å². The second-order valence-corrected chi connectivity index (χ2v) is 4.70. The zero-order valence-corrected chi connectivity index (χ0v) is 11.3. The van der Waals surface area contributed by atoms with Gasteiger partial charge in [-0.2, -0.15) is 13.2 Å². The van der Waals surface area contributed by atoms with Gasteiger partial charge in [-0.1, -0.05) is 6.07 Å². The zero-order valence-electron chi connectivity index (χ0n) is 11.3. The molecule has 1 aromatic heterocycles. The highest BCUT2D eigenvalue weighted by Crippen LogP contribution is 2.32. The summed E-state index contributed by atoms with van der Waals surface area (Å²) in [7, 11) is 0. The van der Waals surface area contributed by atoms with Crippen LogP contribution >= 0.6 is 0 Å². The molecule has 21 heavy (non-hydrogen) atoms. The molecule has 2 atom stereocenters. The van der Waals surface area contributed by atoms with Crippen molar-refractivity contribution in [3.8, 4) is 5.75 Å². The van der Waals surface area contributed by atoms with E-state index in [1.165, 1.54) is 12.1 Å². The molecular formula is C15H15F3N2O. The molecule has 2 N–H and O–H groups in total. The second-order valence-electron chi connectivity index (χ2n) is 4.70. The first-order valence-electron chi connectivity index (χ1n) is 6.37. The quantitative estimate of drug-likeness (QED) is 0.938. The number of benzene rings is 1. The fourth-order valence-electron chi connectivity index (χ4n) is 1.92. The van der Waals surface area contributed by atoms with Gasteiger partial charge in [-0.3, -0.25) is 4.98 Å². The Labute approximate surface area is 120 Å². The predicted octanol–water partition coefficient (Wildman–Crippen LogP) is 3.57. The van der Waals surface area contributed by atoms with Crippen molar-refractivity contribution in [1.82, 2.24) is 4.98 Å². The Morgan fingerprint density at radius 3 is 2.38 bits per heavy atom. The number of alkyl halides is 3. The Morgan fingerprint density at radius 1 is 1.14 bits per heavy atom. The highest BCUT2D eigenvalue weighted by atomic mass is 19.4. The molecular weight excluding hydrogens is 281 g/mol. The van der Waals surface area contributed by atoms with Gasteiger partial charge in [0, 0.05) is 18.4 Å². The van der Waals surface area contributed by atoms with Gasteiger partial charge in [0.05, 0.1) is 5.56 Å². The minimum atomic E-state index is -4.40. The van der Waals surface area contributed by atoms with E-state index in [0.717, 1.165) is 17.7 Å². The first-order valence-corrected chi connectivity index (χ1v) is 6.37. The number of hydrogen-bond acceptors (Lipinski definition) is 3. The summed E-state index contributed by atoms with van der Waals surface area (Å²) in [6.07, 6.45) is -1.78. The lowest BCUT2D eigenvalue weighted by Crippen LogP contribution is -2.29. The van der Waals surface area contributed by atoms with Crippen LogP contribution in [0.25, 0.3) is 0 Å².